The zero-order valence-electron chi connectivity index (χ0n) is 14.0. The summed E-state index contributed by atoms with van der Waals surface area (Å²) in [6.45, 7) is 10.5. The van der Waals surface area contributed by atoms with Gasteiger partial charge in [0.2, 0.25) is 0 Å². The van der Waals surface area contributed by atoms with Gasteiger partial charge in [0, 0.05) is 31.3 Å². The number of aromatic nitrogens is 2. The molecular weight excluding hydrogens is 262 g/mol. The van der Waals surface area contributed by atoms with Gasteiger partial charge in [-0.3, -0.25) is 4.68 Å². The van der Waals surface area contributed by atoms with Crippen LogP contribution in [0, 0.1) is 5.92 Å². The van der Waals surface area contributed by atoms with Crippen molar-refractivity contribution in [2.24, 2.45) is 5.92 Å². The Morgan fingerprint density at radius 2 is 2.14 bits per heavy atom. The Morgan fingerprint density at radius 3 is 2.67 bits per heavy atom. The summed E-state index contributed by atoms with van der Waals surface area (Å²) in [5.41, 5.74) is 1.17. The predicted molar refractivity (Wildman–Crippen MR) is 86.5 cm³/mol. The van der Waals surface area contributed by atoms with E-state index in [4.69, 9.17) is 9.84 Å². The number of hydrogen-bond acceptors (Lipinski definition) is 3. The number of hydrogen-bond donors (Lipinski definition) is 1. The number of rotatable bonds is 10. The lowest BCUT2D eigenvalue weighted by atomic mass is 10.0. The summed E-state index contributed by atoms with van der Waals surface area (Å²) in [6, 6.07) is 2.95. The molecule has 0 aromatic carbocycles. The van der Waals surface area contributed by atoms with E-state index in [1.165, 1.54) is 18.5 Å². The van der Waals surface area contributed by atoms with Gasteiger partial charge in [0.25, 0.3) is 0 Å². The van der Waals surface area contributed by atoms with Crippen LogP contribution >= 0.6 is 0 Å². The van der Waals surface area contributed by atoms with Crippen LogP contribution in [0.4, 0.5) is 0 Å². The fourth-order valence-electron chi connectivity index (χ4n) is 2.83. The molecule has 0 amide bonds. The predicted octanol–water partition coefficient (Wildman–Crippen LogP) is 3.19. The molecule has 0 bridgehead atoms. The Bertz CT molecular complexity index is 412. The Kier molecular flexibility index (Phi) is 6.24. The molecule has 4 nitrogen and oxygen atoms in total. The van der Waals surface area contributed by atoms with Gasteiger partial charge < -0.3 is 10.1 Å². The number of nitrogens with one attached hydrogen (secondary N) is 1. The second-order valence-electron chi connectivity index (χ2n) is 6.40. The molecule has 1 heterocycles. The van der Waals surface area contributed by atoms with Crippen LogP contribution in [0.15, 0.2) is 12.3 Å². The summed E-state index contributed by atoms with van der Waals surface area (Å²) in [4.78, 5) is 0. The maximum atomic E-state index is 6.05. The number of ether oxygens (including phenoxy) is 1. The van der Waals surface area contributed by atoms with E-state index in [1.807, 2.05) is 4.68 Å². The van der Waals surface area contributed by atoms with Crippen LogP contribution in [0.5, 0.6) is 0 Å². The molecule has 0 spiro atoms. The number of nitrogens with zero attached hydrogens (tertiary/aromatic N) is 2. The molecule has 1 N–H and O–H groups in total. The quantitative estimate of drug-likeness (QED) is 0.720. The van der Waals surface area contributed by atoms with Crippen LogP contribution in [0.25, 0.3) is 0 Å². The van der Waals surface area contributed by atoms with Gasteiger partial charge in [0.1, 0.15) is 0 Å². The van der Waals surface area contributed by atoms with Crippen molar-refractivity contribution in [2.45, 2.75) is 71.6 Å². The normalized spacial score (nSPS) is 18.1. The maximum absolute atomic E-state index is 6.05. The van der Waals surface area contributed by atoms with Gasteiger partial charge >= 0.3 is 0 Å². The maximum Gasteiger partial charge on any atom is 0.0759 e. The third-order valence-corrected chi connectivity index (χ3v) is 4.12. The minimum atomic E-state index is 0.339. The summed E-state index contributed by atoms with van der Waals surface area (Å²) in [5, 5.41) is 8.39. The molecule has 1 aromatic heterocycles. The largest absolute Gasteiger partial charge is 0.377 e. The van der Waals surface area contributed by atoms with Gasteiger partial charge in [-0.1, -0.05) is 6.92 Å². The Labute approximate surface area is 129 Å². The minimum Gasteiger partial charge on any atom is -0.377 e. The zero-order valence-corrected chi connectivity index (χ0v) is 14.0. The van der Waals surface area contributed by atoms with Gasteiger partial charge in [-0.05, 0) is 58.6 Å². The van der Waals surface area contributed by atoms with Gasteiger partial charge in [-0.2, -0.15) is 5.10 Å². The first-order valence-electron chi connectivity index (χ1n) is 8.54. The summed E-state index contributed by atoms with van der Waals surface area (Å²) in [5.74, 6) is 0.742. The molecule has 1 aliphatic rings. The first-order chi connectivity index (χ1) is 10.2. The van der Waals surface area contributed by atoms with E-state index in [0.717, 1.165) is 31.9 Å². The third-order valence-electron chi connectivity index (χ3n) is 4.12. The molecule has 21 heavy (non-hydrogen) atoms. The molecule has 2 unspecified atom stereocenters. The van der Waals surface area contributed by atoms with Crippen LogP contribution in [0.3, 0.4) is 0 Å². The van der Waals surface area contributed by atoms with Crippen LogP contribution < -0.4 is 5.32 Å². The van der Waals surface area contributed by atoms with Crippen molar-refractivity contribution in [1.82, 2.24) is 15.1 Å². The van der Waals surface area contributed by atoms with E-state index < -0.39 is 0 Å². The molecule has 1 fully saturated rings. The van der Waals surface area contributed by atoms with Crippen LogP contribution in [0.2, 0.25) is 0 Å². The highest BCUT2D eigenvalue weighted by molar-refractivity contribution is 5.05. The van der Waals surface area contributed by atoms with Crippen molar-refractivity contribution in [3.05, 3.63) is 18.0 Å². The van der Waals surface area contributed by atoms with E-state index in [-0.39, 0.29) is 0 Å². The first kappa shape index (κ1) is 16.5. The summed E-state index contributed by atoms with van der Waals surface area (Å²) in [6.07, 6.45) is 7.17. The van der Waals surface area contributed by atoms with E-state index in [9.17, 15) is 0 Å². The molecule has 2 rings (SSSR count). The fraction of sp³-hybridized carbons (Fsp3) is 0.824. The highest BCUT2D eigenvalue weighted by Gasteiger charge is 2.37. The molecular formula is C17H31N3O. The van der Waals surface area contributed by atoms with Crippen LogP contribution in [0.1, 0.15) is 58.7 Å². The smallest absolute Gasteiger partial charge is 0.0759 e. The van der Waals surface area contributed by atoms with Crippen molar-refractivity contribution >= 4 is 0 Å². The molecule has 2 atom stereocenters. The third kappa shape index (κ3) is 4.82. The van der Waals surface area contributed by atoms with E-state index in [0.29, 0.717) is 18.2 Å². The summed E-state index contributed by atoms with van der Waals surface area (Å²) >= 11 is 0. The Balaban J connectivity index is 2.02. The molecule has 0 radical (unpaired) electrons. The van der Waals surface area contributed by atoms with E-state index in [2.05, 4.69) is 45.3 Å². The van der Waals surface area contributed by atoms with E-state index in [1.54, 1.807) is 0 Å². The monoisotopic (exact) mass is 293 g/mol. The van der Waals surface area contributed by atoms with Crippen LogP contribution in [-0.2, 0) is 11.2 Å². The zero-order chi connectivity index (χ0) is 15.2. The molecule has 120 valence electrons. The van der Waals surface area contributed by atoms with Crippen molar-refractivity contribution in [1.29, 1.82) is 0 Å². The molecule has 0 saturated heterocycles. The molecule has 4 heteroatoms. The second kappa shape index (κ2) is 7.95. The van der Waals surface area contributed by atoms with Gasteiger partial charge in [0.05, 0.1) is 11.8 Å². The van der Waals surface area contributed by atoms with Crippen molar-refractivity contribution in [3.63, 3.8) is 0 Å². The topological polar surface area (TPSA) is 39.1 Å². The molecule has 1 saturated carbocycles. The van der Waals surface area contributed by atoms with Gasteiger partial charge in [0.15, 0.2) is 0 Å². The van der Waals surface area contributed by atoms with Crippen molar-refractivity contribution in [3.8, 4) is 0 Å². The molecule has 0 aliphatic heterocycles. The van der Waals surface area contributed by atoms with Crippen LogP contribution in [-0.4, -0.2) is 35.1 Å². The summed E-state index contributed by atoms with van der Waals surface area (Å²) in [7, 11) is 0. The van der Waals surface area contributed by atoms with E-state index >= 15 is 0 Å². The lowest BCUT2D eigenvalue weighted by Crippen LogP contribution is -2.44. The second-order valence-corrected chi connectivity index (χ2v) is 6.40. The van der Waals surface area contributed by atoms with Crippen molar-refractivity contribution < 1.29 is 4.74 Å². The minimum absolute atomic E-state index is 0.339. The van der Waals surface area contributed by atoms with Gasteiger partial charge in [-0.15, -0.1) is 0 Å². The average Bonchev–Trinajstić information content (AvgIpc) is 3.19. The molecule has 1 aromatic rings. The first-order valence-corrected chi connectivity index (χ1v) is 8.54. The Morgan fingerprint density at radius 1 is 1.38 bits per heavy atom. The fourth-order valence-corrected chi connectivity index (χ4v) is 2.83. The lowest BCUT2D eigenvalue weighted by molar-refractivity contribution is 0.0190. The van der Waals surface area contributed by atoms with Crippen molar-refractivity contribution in [2.75, 3.05) is 13.2 Å². The SMILES string of the molecule is CCCNC(Cc1ccn(C(C)C)n1)C(OCC)C1CC1. The highest BCUT2D eigenvalue weighted by Crippen LogP contribution is 2.36. The molecule has 1 aliphatic carbocycles. The average molecular weight is 293 g/mol. The van der Waals surface area contributed by atoms with Gasteiger partial charge in [-0.25, -0.2) is 0 Å². The summed E-state index contributed by atoms with van der Waals surface area (Å²) < 4.78 is 8.10. The Hall–Kier alpha value is -0.870. The lowest BCUT2D eigenvalue weighted by Gasteiger charge is -2.27. The highest BCUT2D eigenvalue weighted by atomic mass is 16.5. The standard InChI is InChI=1S/C17H31N3O/c1-5-10-18-16(17(21-6-2)14-7-8-14)12-15-9-11-20(19-15)13(3)4/h9,11,13-14,16-18H,5-8,10,12H2,1-4H3.